The van der Waals surface area contributed by atoms with Gasteiger partial charge in [-0.3, -0.25) is 4.79 Å². The smallest absolute Gasteiger partial charge is 0.332 e. The number of carbonyl (C=O) groups is 2. The molecule has 2 fully saturated rings. The maximum absolute atomic E-state index is 11.9. The molecule has 2 aliphatic rings. The van der Waals surface area contributed by atoms with Crippen molar-refractivity contribution in [1.82, 2.24) is 5.32 Å². The van der Waals surface area contributed by atoms with Crippen molar-refractivity contribution < 1.29 is 38.4 Å². The lowest BCUT2D eigenvalue weighted by Gasteiger charge is -2.51. The third-order valence-corrected chi connectivity index (χ3v) is 4.74. The first kappa shape index (κ1) is 21.5. The number of nitrogens with one attached hydrogen (secondary N) is 1. The molecule has 2 N–H and O–H groups in total. The van der Waals surface area contributed by atoms with E-state index < -0.39 is 48.5 Å². The normalized spacial score (nSPS) is 31.9. The molecular formula is C20H27NO8. The van der Waals surface area contributed by atoms with Crippen molar-refractivity contribution in [2.45, 2.75) is 70.2 Å². The quantitative estimate of drug-likeness (QED) is 0.723. The molecular weight excluding hydrogens is 382 g/mol. The van der Waals surface area contributed by atoms with Crippen LogP contribution in [0.15, 0.2) is 30.3 Å². The van der Waals surface area contributed by atoms with Gasteiger partial charge in [-0.25, -0.2) is 4.79 Å². The molecule has 0 bridgehead atoms. The van der Waals surface area contributed by atoms with Gasteiger partial charge >= 0.3 is 5.97 Å². The number of carbonyl (C=O) groups excluding carboxylic acids is 1. The molecule has 2 aliphatic heterocycles. The Balaban J connectivity index is 1.92. The largest absolute Gasteiger partial charge is 0.479 e. The van der Waals surface area contributed by atoms with Gasteiger partial charge in [0.25, 0.3) is 0 Å². The molecule has 0 radical (unpaired) electrons. The summed E-state index contributed by atoms with van der Waals surface area (Å²) in [6.45, 7) is 6.50. The molecule has 0 aliphatic carbocycles. The summed E-state index contributed by atoms with van der Waals surface area (Å²) in [5.41, 5.74) is 0. The zero-order valence-corrected chi connectivity index (χ0v) is 16.9. The van der Waals surface area contributed by atoms with Gasteiger partial charge < -0.3 is 34.1 Å². The van der Waals surface area contributed by atoms with Crippen molar-refractivity contribution in [2.75, 3.05) is 6.61 Å². The fraction of sp³-hybridized carbons (Fsp3) is 0.600. The van der Waals surface area contributed by atoms with Crippen LogP contribution in [0.5, 0.6) is 5.75 Å². The highest BCUT2D eigenvalue weighted by atomic mass is 16.8. The van der Waals surface area contributed by atoms with Crippen LogP contribution in [0.1, 0.15) is 27.7 Å². The zero-order valence-electron chi connectivity index (χ0n) is 16.9. The van der Waals surface area contributed by atoms with E-state index in [1.165, 1.54) is 13.8 Å². The minimum atomic E-state index is -1.12. The Labute approximate surface area is 169 Å². The number of carboxylic acids is 1. The number of ether oxygens (including phenoxy) is 5. The summed E-state index contributed by atoms with van der Waals surface area (Å²) in [6, 6.07) is 8.18. The van der Waals surface area contributed by atoms with Crippen LogP contribution in [0.25, 0.3) is 0 Å². The molecule has 0 spiro atoms. The Kier molecular flexibility index (Phi) is 6.42. The van der Waals surface area contributed by atoms with Gasteiger partial charge in [-0.1, -0.05) is 18.2 Å². The highest BCUT2D eigenvalue weighted by molar-refractivity contribution is 5.73. The summed E-state index contributed by atoms with van der Waals surface area (Å²) < 4.78 is 29.6. The van der Waals surface area contributed by atoms with Gasteiger partial charge in [0.1, 0.15) is 30.1 Å². The minimum absolute atomic E-state index is 0.209. The summed E-state index contributed by atoms with van der Waals surface area (Å²) in [6.07, 6.45) is -4.11. The molecule has 9 nitrogen and oxygen atoms in total. The van der Waals surface area contributed by atoms with Gasteiger partial charge in [0.05, 0.1) is 6.61 Å². The molecule has 1 amide bonds. The van der Waals surface area contributed by atoms with E-state index >= 15 is 0 Å². The first-order valence-electron chi connectivity index (χ1n) is 9.50. The number of carboxylic acid groups (broad SMARTS) is 1. The number of para-hydroxylation sites is 1. The van der Waals surface area contributed by atoms with Gasteiger partial charge in [-0.2, -0.15) is 0 Å². The SMILES string of the molecule is CC(=O)NC1C(Oc2ccccc2)OC2COC(C)(C)OC2C1OC(C)C(=O)O. The minimum Gasteiger partial charge on any atom is -0.479 e. The zero-order chi connectivity index (χ0) is 21.2. The van der Waals surface area contributed by atoms with Crippen LogP contribution in [-0.2, 0) is 28.5 Å². The predicted octanol–water partition coefficient (Wildman–Crippen LogP) is 1.30. The van der Waals surface area contributed by atoms with Gasteiger partial charge in [-0.15, -0.1) is 0 Å². The van der Waals surface area contributed by atoms with E-state index in [-0.39, 0.29) is 12.5 Å². The number of hydrogen-bond donors (Lipinski definition) is 2. The van der Waals surface area contributed by atoms with E-state index in [0.717, 1.165) is 0 Å². The van der Waals surface area contributed by atoms with E-state index in [0.29, 0.717) is 5.75 Å². The average Bonchev–Trinajstić information content (AvgIpc) is 2.64. The van der Waals surface area contributed by atoms with Crippen molar-refractivity contribution in [3.63, 3.8) is 0 Å². The summed E-state index contributed by atoms with van der Waals surface area (Å²) in [5, 5.41) is 12.1. The number of amides is 1. The van der Waals surface area contributed by atoms with Gasteiger partial charge in [0.2, 0.25) is 12.2 Å². The lowest BCUT2D eigenvalue weighted by Crippen LogP contribution is -2.70. The number of benzene rings is 1. The van der Waals surface area contributed by atoms with Gasteiger partial charge in [0, 0.05) is 6.92 Å². The summed E-state index contributed by atoms with van der Waals surface area (Å²) >= 11 is 0. The molecule has 0 aromatic heterocycles. The lowest BCUT2D eigenvalue weighted by atomic mass is 9.94. The van der Waals surface area contributed by atoms with E-state index in [1.807, 2.05) is 18.2 Å². The van der Waals surface area contributed by atoms with Crippen LogP contribution >= 0.6 is 0 Å². The molecule has 3 rings (SSSR count). The number of aliphatic carboxylic acids is 1. The second-order valence-electron chi connectivity index (χ2n) is 7.57. The molecule has 9 heteroatoms. The second kappa shape index (κ2) is 8.66. The molecule has 0 saturated carbocycles. The molecule has 1 aromatic rings. The average molecular weight is 409 g/mol. The van der Waals surface area contributed by atoms with Crippen molar-refractivity contribution in [3.8, 4) is 5.75 Å². The van der Waals surface area contributed by atoms with Crippen LogP contribution in [-0.4, -0.2) is 66.1 Å². The Morgan fingerprint density at radius 2 is 1.97 bits per heavy atom. The highest BCUT2D eigenvalue weighted by Gasteiger charge is 2.54. The van der Waals surface area contributed by atoms with Crippen LogP contribution in [0.3, 0.4) is 0 Å². The maximum atomic E-state index is 11.9. The van der Waals surface area contributed by atoms with Crippen molar-refractivity contribution in [1.29, 1.82) is 0 Å². The molecule has 2 heterocycles. The van der Waals surface area contributed by atoms with Crippen LogP contribution in [0.2, 0.25) is 0 Å². The first-order chi connectivity index (χ1) is 13.7. The third-order valence-electron chi connectivity index (χ3n) is 4.74. The monoisotopic (exact) mass is 409 g/mol. The number of fused-ring (bicyclic) bond motifs is 1. The molecule has 6 atom stereocenters. The maximum Gasteiger partial charge on any atom is 0.332 e. The van der Waals surface area contributed by atoms with Gasteiger partial charge in [-0.05, 0) is 32.9 Å². The standard InChI is InChI=1S/C20H27NO8/c1-11(18(23)24)26-17-15(21-12(2)22)19(27-13-8-6-5-7-9-13)28-14-10-25-20(3,4)29-16(14)17/h5-9,11,14-17,19H,10H2,1-4H3,(H,21,22)(H,23,24). The molecule has 6 unspecified atom stereocenters. The summed E-state index contributed by atoms with van der Waals surface area (Å²) in [7, 11) is 0. The number of rotatable bonds is 6. The second-order valence-corrected chi connectivity index (χ2v) is 7.57. The Morgan fingerprint density at radius 1 is 1.28 bits per heavy atom. The molecule has 1 aromatic carbocycles. The lowest BCUT2D eigenvalue weighted by molar-refractivity contribution is -0.366. The Hall–Kier alpha value is -2.20. The van der Waals surface area contributed by atoms with E-state index in [1.54, 1.807) is 26.0 Å². The molecule has 160 valence electrons. The predicted molar refractivity (Wildman–Crippen MR) is 100 cm³/mol. The fourth-order valence-electron chi connectivity index (χ4n) is 3.40. The van der Waals surface area contributed by atoms with E-state index in [9.17, 15) is 14.7 Å². The third kappa shape index (κ3) is 5.24. The first-order valence-corrected chi connectivity index (χ1v) is 9.50. The van der Waals surface area contributed by atoms with Crippen molar-refractivity contribution in [3.05, 3.63) is 30.3 Å². The van der Waals surface area contributed by atoms with Crippen molar-refractivity contribution >= 4 is 11.9 Å². The van der Waals surface area contributed by atoms with E-state index in [2.05, 4.69) is 5.32 Å². The van der Waals surface area contributed by atoms with Gasteiger partial charge in [0.15, 0.2) is 11.9 Å². The van der Waals surface area contributed by atoms with E-state index in [4.69, 9.17) is 23.7 Å². The van der Waals surface area contributed by atoms with Crippen molar-refractivity contribution in [2.24, 2.45) is 0 Å². The fourth-order valence-corrected chi connectivity index (χ4v) is 3.40. The topological polar surface area (TPSA) is 113 Å². The summed E-state index contributed by atoms with van der Waals surface area (Å²) in [5.74, 6) is -1.83. The van der Waals surface area contributed by atoms with Crippen LogP contribution < -0.4 is 10.1 Å². The number of hydrogen-bond acceptors (Lipinski definition) is 7. The molecule has 29 heavy (non-hydrogen) atoms. The highest BCUT2D eigenvalue weighted by Crippen LogP contribution is 2.35. The summed E-state index contributed by atoms with van der Waals surface area (Å²) in [4.78, 5) is 23.3. The molecule has 2 saturated heterocycles. The van der Waals surface area contributed by atoms with Crippen LogP contribution in [0, 0.1) is 0 Å². The Bertz CT molecular complexity index is 724. The Morgan fingerprint density at radius 3 is 2.59 bits per heavy atom. The van der Waals surface area contributed by atoms with Crippen LogP contribution in [0.4, 0.5) is 0 Å².